The number of nitrogens with one attached hydrogen (secondary N) is 2. The molecule has 12 heteroatoms. The number of halogens is 3. The fourth-order valence-corrected chi connectivity index (χ4v) is 3.69. The molecule has 1 atom stereocenters. The number of aryl methyl sites for hydroxylation is 1. The van der Waals surface area contributed by atoms with Crippen LogP contribution in [0.2, 0.25) is 0 Å². The van der Waals surface area contributed by atoms with Crippen LogP contribution in [0.1, 0.15) is 63.8 Å². The molecule has 9 nitrogen and oxygen atoms in total. The Morgan fingerprint density at radius 3 is 2.60 bits per heavy atom. The van der Waals surface area contributed by atoms with Gasteiger partial charge in [0.05, 0.1) is 6.04 Å². The number of amides is 3. The van der Waals surface area contributed by atoms with Gasteiger partial charge in [0.15, 0.2) is 6.61 Å². The smallest absolute Gasteiger partial charge is 0.422 e. The van der Waals surface area contributed by atoms with Gasteiger partial charge < -0.3 is 20.3 Å². The molecule has 3 amide bonds. The Morgan fingerprint density at radius 1 is 1.23 bits per heavy atom. The number of fused-ring (bicyclic) bond motifs is 1. The monoisotopic (exact) mass is 493 g/mol. The lowest BCUT2D eigenvalue weighted by atomic mass is 10.1. The molecule has 2 aromatic heterocycles. The maximum atomic E-state index is 13.1. The van der Waals surface area contributed by atoms with E-state index in [2.05, 4.69) is 20.6 Å². The SMILES string of the molecule is CC(=O)NCCCNC(=O)c1nccc2c1CN(C(C)c1cnc(OCC(F)(F)F)c(C)c1)C2=O. The van der Waals surface area contributed by atoms with E-state index in [0.717, 1.165) is 0 Å². The van der Waals surface area contributed by atoms with Gasteiger partial charge in [-0.1, -0.05) is 0 Å². The van der Waals surface area contributed by atoms with Crippen molar-refractivity contribution in [3.8, 4) is 5.88 Å². The number of nitrogens with zero attached hydrogens (tertiary/aromatic N) is 3. The van der Waals surface area contributed by atoms with Crippen molar-refractivity contribution in [1.29, 1.82) is 0 Å². The molecule has 0 aliphatic carbocycles. The van der Waals surface area contributed by atoms with E-state index in [1.54, 1.807) is 30.9 Å². The molecule has 0 aromatic carbocycles. The average molecular weight is 493 g/mol. The summed E-state index contributed by atoms with van der Waals surface area (Å²) in [6.45, 7) is 4.20. The molecule has 0 spiro atoms. The lowest BCUT2D eigenvalue weighted by Crippen LogP contribution is -2.30. The maximum absolute atomic E-state index is 13.1. The summed E-state index contributed by atoms with van der Waals surface area (Å²) in [6, 6.07) is 2.71. The highest BCUT2D eigenvalue weighted by molar-refractivity contribution is 6.03. The van der Waals surface area contributed by atoms with E-state index >= 15 is 0 Å². The average Bonchev–Trinajstić information content (AvgIpc) is 3.13. The van der Waals surface area contributed by atoms with Crippen molar-refractivity contribution in [1.82, 2.24) is 25.5 Å². The largest absolute Gasteiger partial charge is 0.468 e. The standard InChI is InChI=1S/C23H26F3N5O4/c1-13-9-16(10-30-21(13)35-12-23(24,25)26)14(2)31-11-18-17(22(31)34)5-8-28-19(18)20(33)29-7-4-6-27-15(3)32/h5,8-10,14H,4,6-7,11-12H2,1-3H3,(H,27,32)(H,29,33). The third-order valence-electron chi connectivity index (χ3n) is 5.48. The van der Waals surface area contributed by atoms with Crippen molar-refractivity contribution in [3.63, 3.8) is 0 Å². The van der Waals surface area contributed by atoms with Crippen molar-refractivity contribution in [2.24, 2.45) is 0 Å². The van der Waals surface area contributed by atoms with Gasteiger partial charge >= 0.3 is 6.18 Å². The molecule has 0 bridgehead atoms. The Morgan fingerprint density at radius 2 is 1.94 bits per heavy atom. The van der Waals surface area contributed by atoms with Crippen LogP contribution in [0, 0.1) is 6.92 Å². The number of pyridine rings is 2. The minimum Gasteiger partial charge on any atom is -0.468 e. The predicted molar refractivity (Wildman–Crippen MR) is 119 cm³/mol. The molecule has 1 aliphatic rings. The van der Waals surface area contributed by atoms with Crippen LogP contribution in [-0.4, -0.2) is 58.5 Å². The van der Waals surface area contributed by atoms with Gasteiger partial charge in [0.2, 0.25) is 11.8 Å². The molecule has 0 fully saturated rings. The first kappa shape index (κ1) is 25.9. The van der Waals surface area contributed by atoms with Crippen LogP contribution in [0.15, 0.2) is 24.5 Å². The van der Waals surface area contributed by atoms with Crippen molar-refractivity contribution in [3.05, 3.63) is 52.5 Å². The fraction of sp³-hybridized carbons (Fsp3) is 0.435. The van der Waals surface area contributed by atoms with E-state index in [1.807, 2.05) is 0 Å². The van der Waals surface area contributed by atoms with Crippen molar-refractivity contribution < 1.29 is 32.3 Å². The van der Waals surface area contributed by atoms with E-state index in [1.165, 1.54) is 19.3 Å². The summed E-state index contributed by atoms with van der Waals surface area (Å²) in [5.74, 6) is -0.989. The molecule has 0 saturated carbocycles. The van der Waals surface area contributed by atoms with Gasteiger partial charge in [-0.25, -0.2) is 4.98 Å². The Kier molecular flexibility index (Phi) is 7.92. The second kappa shape index (κ2) is 10.7. The van der Waals surface area contributed by atoms with Gasteiger partial charge in [-0.15, -0.1) is 0 Å². The molecule has 3 rings (SSSR count). The van der Waals surface area contributed by atoms with Gasteiger partial charge in [-0.2, -0.15) is 13.2 Å². The zero-order chi connectivity index (χ0) is 25.8. The van der Waals surface area contributed by atoms with E-state index < -0.39 is 24.7 Å². The summed E-state index contributed by atoms with van der Waals surface area (Å²) < 4.78 is 42.0. The number of hydrogen-bond acceptors (Lipinski definition) is 6. The van der Waals surface area contributed by atoms with Gasteiger partial charge in [-0.05, 0) is 38.0 Å². The first-order valence-corrected chi connectivity index (χ1v) is 11.0. The van der Waals surface area contributed by atoms with Crippen molar-refractivity contribution >= 4 is 17.7 Å². The third-order valence-corrected chi connectivity index (χ3v) is 5.48. The Labute approximate surface area is 200 Å². The second-order valence-electron chi connectivity index (χ2n) is 8.18. The predicted octanol–water partition coefficient (Wildman–Crippen LogP) is 2.70. The number of hydrogen-bond donors (Lipinski definition) is 2. The third kappa shape index (κ3) is 6.46. The summed E-state index contributed by atoms with van der Waals surface area (Å²) >= 11 is 0. The zero-order valence-corrected chi connectivity index (χ0v) is 19.5. The summed E-state index contributed by atoms with van der Waals surface area (Å²) in [5.41, 5.74) is 2.03. The normalized spacial score (nSPS) is 13.9. The number of rotatable bonds is 9. The molecule has 0 radical (unpaired) electrons. The lowest BCUT2D eigenvalue weighted by molar-refractivity contribution is -0.154. The zero-order valence-electron chi connectivity index (χ0n) is 19.5. The summed E-state index contributed by atoms with van der Waals surface area (Å²) in [6.07, 6.45) is -1.16. The number of carbonyl (C=O) groups is 3. The number of aromatic nitrogens is 2. The molecule has 188 valence electrons. The molecule has 2 N–H and O–H groups in total. The van der Waals surface area contributed by atoms with Gasteiger partial charge in [0, 0.05) is 55.6 Å². The van der Waals surface area contributed by atoms with Gasteiger partial charge in [0.25, 0.3) is 11.8 Å². The molecular weight excluding hydrogens is 467 g/mol. The molecular formula is C23H26F3N5O4. The topological polar surface area (TPSA) is 114 Å². The fourth-order valence-electron chi connectivity index (χ4n) is 3.69. The molecule has 1 unspecified atom stereocenters. The summed E-state index contributed by atoms with van der Waals surface area (Å²) in [4.78, 5) is 46.4. The van der Waals surface area contributed by atoms with Crippen LogP contribution in [0.4, 0.5) is 13.2 Å². The highest BCUT2D eigenvalue weighted by Crippen LogP contribution is 2.33. The van der Waals surface area contributed by atoms with Gasteiger partial charge in [-0.3, -0.25) is 19.4 Å². The van der Waals surface area contributed by atoms with Crippen LogP contribution in [-0.2, 0) is 11.3 Å². The van der Waals surface area contributed by atoms with Gasteiger partial charge in [0.1, 0.15) is 5.69 Å². The maximum Gasteiger partial charge on any atom is 0.422 e. The lowest BCUT2D eigenvalue weighted by Gasteiger charge is -2.25. The Balaban J connectivity index is 1.69. The molecule has 3 heterocycles. The Bertz CT molecular complexity index is 1120. The first-order chi connectivity index (χ1) is 16.5. The highest BCUT2D eigenvalue weighted by atomic mass is 19.4. The van der Waals surface area contributed by atoms with Crippen LogP contribution in [0.5, 0.6) is 5.88 Å². The van der Waals surface area contributed by atoms with Crippen LogP contribution >= 0.6 is 0 Å². The van der Waals surface area contributed by atoms with E-state index in [0.29, 0.717) is 41.8 Å². The van der Waals surface area contributed by atoms with Crippen molar-refractivity contribution in [2.45, 2.75) is 46.0 Å². The van der Waals surface area contributed by atoms with Crippen molar-refractivity contribution in [2.75, 3.05) is 19.7 Å². The highest BCUT2D eigenvalue weighted by Gasteiger charge is 2.35. The van der Waals surface area contributed by atoms with E-state index in [-0.39, 0.29) is 29.9 Å². The second-order valence-corrected chi connectivity index (χ2v) is 8.18. The van der Waals surface area contributed by atoms with Crippen LogP contribution in [0.3, 0.4) is 0 Å². The first-order valence-electron chi connectivity index (χ1n) is 11.0. The molecule has 2 aromatic rings. The molecule has 0 saturated heterocycles. The van der Waals surface area contributed by atoms with E-state index in [9.17, 15) is 27.6 Å². The van der Waals surface area contributed by atoms with Crippen LogP contribution in [0.25, 0.3) is 0 Å². The molecule has 35 heavy (non-hydrogen) atoms. The summed E-state index contributed by atoms with van der Waals surface area (Å²) in [5, 5.41) is 5.38. The number of ether oxygens (including phenoxy) is 1. The summed E-state index contributed by atoms with van der Waals surface area (Å²) in [7, 11) is 0. The number of carbonyl (C=O) groups excluding carboxylic acids is 3. The van der Waals surface area contributed by atoms with E-state index in [4.69, 9.17) is 4.74 Å². The van der Waals surface area contributed by atoms with Crippen LogP contribution < -0.4 is 15.4 Å². The molecule has 1 aliphatic heterocycles. The quantitative estimate of drug-likeness (QED) is 0.520. The Hall–Kier alpha value is -3.70. The number of alkyl halides is 3. The minimum absolute atomic E-state index is 0.129. The minimum atomic E-state index is -4.47.